The average Bonchev–Trinajstić information content (AvgIpc) is 2.94. The lowest BCUT2D eigenvalue weighted by molar-refractivity contribution is -0.139. The van der Waals surface area contributed by atoms with E-state index in [1.165, 1.54) is 0 Å². The molecule has 7 heteroatoms. The Hall–Kier alpha value is -2.25. The van der Waals surface area contributed by atoms with Crippen LogP contribution in [0.5, 0.6) is 0 Å². The van der Waals surface area contributed by atoms with Gasteiger partial charge in [-0.05, 0) is 43.9 Å². The molecule has 0 radical (unpaired) electrons. The first-order chi connectivity index (χ1) is 13.5. The van der Waals surface area contributed by atoms with Crippen molar-refractivity contribution in [2.24, 2.45) is 11.7 Å². The molecule has 3 amide bonds. The number of nitrogens with two attached hydrogens (primary N) is 1. The molecule has 1 fully saturated rings. The standard InChI is InChI=1S/C21H29N3O4/c1-14(2)18(24-19(25)16-6-3-4-7-17(16)20(24)26)21(27)23-11-8-15(9-12-23)28-13-5-10-22/h3-4,6-7,14-15,18H,5,8-13,22H2,1-2H3. The number of ether oxygens (including phenoxy) is 1. The molecule has 3 rings (SSSR count). The Morgan fingerprint density at radius 1 is 1.14 bits per heavy atom. The van der Waals surface area contributed by atoms with Gasteiger partial charge in [0, 0.05) is 19.7 Å². The molecule has 1 unspecified atom stereocenters. The van der Waals surface area contributed by atoms with Crippen molar-refractivity contribution in [2.75, 3.05) is 26.2 Å². The van der Waals surface area contributed by atoms with E-state index < -0.39 is 6.04 Å². The van der Waals surface area contributed by atoms with Crippen molar-refractivity contribution in [3.63, 3.8) is 0 Å². The van der Waals surface area contributed by atoms with Crippen LogP contribution in [0, 0.1) is 5.92 Å². The normalized spacial score (nSPS) is 18.7. The van der Waals surface area contributed by atoms with Crippen molar-refractivity contribution < 1.29 is 19.1 Å². The highest BCUT2D eigenvalue weighted by Crippen LogP contribution is 2.28. The molecule has 28 heavy (non-hydrogen) atoms. The summed E-state index contributed by atoms with van der Waals surface area (Å²) in [5, 5.41) is 0. The van der Waals surface area contributed by atoms with Crippen molar-refractivity contribution in [3.05, 3.63) is 35.4 Å². The SMILES string of the molecule is CC(C)C(C(=O)N1CCC(OCCCN)CC1)N1C(=O)c2ccccc2C1=O. The van der Waals surface area contributed by atoms with Crippen LogP contribution in [0.3, 0.4) is 0 Å². The first-order valence-corrected chi connectivity index (χ1v) is 10.0. The number of fused-ring (bicyclic) bond motifs is 1. The van der Waals surface area contributed by atoms with Crippen molar-refractivity contribution in [3.8, 4) is 0 Å². The van der Waals surface area contributed by atoms with E-state index in [1.807, 2.05) is 13.8 Å². The number of piperidine rings is 1. The third-order valence-electron chi connectivity index (χ3n) is 5.44. The summed E-state index contributed by atoms with van der Waals surface area (Å²) in [6.07, 6.45) is 2.47. The van der Waals surface area contributed by atoms with Gasteiger partial charge >= 0.3 is 0 Å². The number of carbonyl (C=O) groups is 3. The van der Waals surface area contributed by atoms with E-state index in [-0.39, 0.29) is 29.7 Å². The van der Waals surface area contributed by atoms with Gasteiger partial charge in [-0.3, -0.25) is 19.3 Å². The Bertz CT molecular complexity index is 706. The second-order valence-corrected chi connectivity index (χ2v) is 7.75. The molecule has 0 spiro atoms. The van der Waals surface area contributed by atoms with Crippen molar-refractivity contribution >= 4 is 17.7 Å². The Labute approximate surface area is 165 Å². The number of carbonyl (C=O) groups excluding carboxylic acids is 3. The maximum Gasteiger partial charge on any atom is 0.262 e. The van der Waals surface area contributed by atoms with Gasteiger partial charge < -0.3 is 15.4 Å². The van der Waals surface area contributed by atoms with E-state index in [0.717, 1.165) is 24.2 Å². The Kier molecular flexibility index (Phi) is 6.46. The average molecular weight is 387 g/mol. The molecule has 7 nitrogen and oxygen atoms in total. The van der Waals surface area contributed by atoms with Crippen LogP contribution >= 0.6 is 0 Å². The molecule has 0 saturated carbocycles. The highest BCUT2D eigenvalue weighted by atomic mass is 16.5. The number of nitrogens with zero attached hydrogens (tertiary/aromatic N) is 2. The molecule has 0 aromatic heterocycles. The first kappa shape index (κ1) is 20.5. The fourth-order valence-electron chi connectivity index (χ4n) is 3.92. The lowest BCUT2D eigenvalue weighted by atomic mass is 9.98. The van der Waals surface area contributed by atoms with Crippen molar-refractivity contribution in [1.29, 1.82) is 0 Å². The summed E-state index contributed by atoms with van der Waals surface area (Å²) < 4.78 is 5.80. The number of hydrogen-bond donors (Lipinski definition) is 1. The molecule has 0 aliphatic carbocycles. The van der Waals surface area contributed by atoms with E-state index in [1.54, 1.807) is 29.2 Å². The minimum Gasteiger partial charge on any atom is -0.378 e. The molecule has 0 bridgehead atoms. The first-order valence-electron chi connectivity index (χ1n) is 10.0. The topological polar surface area (TPSA) is 92.9 Å². The zero-order valence-electron chi connectivity index (χ0n) is 16.6. The number of hydrogen-bond acceptors (Lipinski definition) is 5. The predicted octanol–water partition coefficient (Wildman–Crippen LogP) is 1.66. The Morgan fingerprint density at radius 3 is 2.21 bits per heavy atom. The van der Waals surface area contributed by atoms with Gasteiger partial charge in [-0.2, -0.15) is 0 Å². The second kappa shape index (κ2) is 8.84. The lowest BCUT2D eigenvalue weighted by Crippen LogP contribution is -2.55. The molecular formula is C21H29N3O4. The number of imide groups is 1. The molecule has 2 aliphatic rings. The van der Waals surface area contributed by atoms with Gasteiger partial charge in [-0.25, -0.2) is 0 Å². The molecule has 2 N–H and O–H groups in total. The van der Waals surface area contributed by atoms with Gasteiger partial charge in [0.25, 0.3) is 11.8 Å². The zero-order chi connectivity index (χ0) is 20.3. The van der Waals surface area contributed by atoms with Gasteiger partial charge in [0.1, 0.15) is 6.04 Å². The fraction of sp³-hybridized carbons (Fsp3) is 0.571. The smallest absolute Gasteiger partial charge is 0.262 e. The van der Waals surface area contributed by atoms with Gasteiger partial charge in [0.05, 0.1) is 17.2 Å². The summed E-state index contributed by atoms with van der Waals surface area (Å²) in [5.41, 5.74) is 6.24. The highest BCUT2D eigenvalue weighted by molar-refractivity contribution is 6.22. The maximum absolute atomic E-state index is 13.3. The summed E-state index contributed by atoms with van der Waals surface area (Å²) in [6, 6.07) is 5.95. The van der Waals surface area contributed by atoms with Crippen LogP contribution in [0.2, 0.25) is 0 Å². The second-order valence-electron chi connectivity index (χ2n) is 7.75. The monoisotopic (exact) mass is 387 g/mol. The minimum atomic E-state index is -0.790. The molecule has 1 aromatic rings. The van der Waals surface area contributed by atoms with Crippen LogP contribution in [-0.2, 0) is 9.53 Å². The molecule has 2 aliphatic heterocycles. The summed E-state index contributed by atoms with van der Waals surface area (Å²) in [6.45, 7) is 6.12. The van der Waals surface area contributed by atoms with E-state index in [4.69, 9.17) is 10.5 Å². The summed E-state index contributed by atoms with van der Waals surface area (Å²) in [7, 11) is 0. The summed E-state index contributed by atoms with van der Waals surface area (Å²) >= 11 is 0. The van der Waals surface area contributed by atoms with Crippen LogP contribution in [0.1, 0.15) is 53.8 Å². The molecule has 1 aromatic carbocycles. The van der Waals surface area contributed by atoms with Crippen molar-refractivity contribution in [2.45, 2.75) is 45.3 Å². The summed E-state index contributed by atoms with van der Waals surface area (Å²) in [4.78, 5) is 41.9. The van der Waals surface area contributed by atoms with E-state index in [2.05, 4.69) is 0 Å². The highest BCUT2D eigenvalue weighted by Gasteiger charge is 2.45. The number of likely N-dealkylation sites (tertiary alicyclic amines) is 1. The van der Waals surface area contributed by atoms with Crippen LogP contribution in [0.15, 0.2) is 24.3 Å². The van der Waals surface area contributed by atoms with E-state index in [9.17, 15) is 14.4 Å². The van der Waals surface area contributed by atoms with Gasteiger partial charge in [-0.15, -0.1) is 0 Å². The molecule has 1 atom stereocenters. The fourth-order valence-corrected chi connectivity index (χ4v) is 3.92. The van der Waals surface area contributed by atoms with Gasteiger partial charge in [-0.1, -0.05) is 26.0 Å². The quantitative estimate of drug-likeness (QED) is 0.567. The van der Waals surface area contributed by atoms with Crippen LogP contribution in [0.4, 0.5) is 0 Å². The van der Waals surface area contributed by atoms with E-state index in [0.29, 0.717) is 37.4 Å². The largest absolute Gasteiger partial charge is 0.378 e. The number of benzene rings is 1. The van der Waals surface area contributed by atoms with E-state index >= 15 is 0 Å². The zero-order valence-corrected chi connectivity index (χ0v) is 16.6. The van der Waals surface area contributed by atoms with Crippen LogP contribution in [-0.4, -0.2) is 65.9 Å². The lowest BCUT2D eigenvalue weighted by Gasteiger charge is -2.37. The molecule has 1 saturated heterocycles. The number of rotatable bonds is 7. The Balaban J connectivity index is 1.69. The minimum absolute atomic E-state index is 0.132. The van der Waals surface area contributed by atoms with Gasteiger partial charge in [0.2, 0.25) is 5.91 Å². The van der Waals surface area contributed by atoms with Gasteiger partial charge in [0.15, 0.2) is 0 Å². The van der Waals surface area contributed by atoms with Crippen LogP contribution in [0.25, 0.3) is 0 Å². The Morgan fingerprint density at radius 2 is 1.71 bits per heavy atom. The summed E-state index contributed by atoms with van der Waals surface area (Å²) in [5.74, 6) is -1.10. The van der Waals surface area contributed by atoms with Crippen molar-refractivity contribution in [1.82, 2.24) is 9.80 Å². The van der Waals surface area contributed by atoms with Crippen LogP contribution < -0.4 is 5.73 Å². The molecule has 2 heterocycles. The molecule has 152 valence electrons. The third-order valence-corrected chi connectivity index (χ3v) is 5.44. The maximum atomic E-state index is 13.3. The number of amides is 3. The predicted molar refractivity (Wildman–Crippen MR) is 105 cm³/mol. The molecular weight excluding hydrogens is 358 g/mol. The third kappa shape index (κ3) is 3.95.